The van der Waals surface area contributed by atoms with Crippen LogP contribution < -0.4 is 10.2 Å². The van der Waals surface area contributed by atoms with Gasteiger partial charge in [0.25, 0.3) is 5.91 Å². The number of hydrogen-bond donors (Lipinski definition) is 2. The average molecular weight is 285 g/mol. The number of rotatable bonds is 4. The molecule has 1 amide bonds. The normalized spacial score (nSPS) is 17.8. The molecule has 0 aromatic heterocycles. The van der Waals surface area contributed by atoms with Crippen LogP contribution in [0.1, 0.15) is 18.5 Å². The van der Waals surface area contributed by atoms with E-state index < -0.39 is 17.7 Å². The molecule has 1 aliphatic rings. The van der Waals surface area contributed by atoms with Crippen LogP contribution >= 0.6 is 0 Å². The van der Waals surface area contributed by atoms with E-state index in [1.165, 1.54) is 12.1 Å². The third-order valence-corrected chi connectivity index (χ3v) is 3.42. The minimum absolute atomic E-state index is 0.141. The van der Waals surface area contributed by atoms with E-state index in [1.807, 2.05) is 0 Å². The monoisotopic (exact) mass is 285 g/mol. The molecule has 0 radical (unpaired) electrons. The Bertz CT molecular complexity index is 476. The van der Waals surface area contributed by atoms with Crippen molar-refractivity contribution >= 4 is 5.91 Å². The number of carbonyl (C=O) groups excluding carboxylic acids is 1. The maximum Gasteiger partial charge on any atom is 0.275 e. The molecule has 1 heterocycles. The van der Waals surface area contributed by atoms with Gasteiger partial charge in [0.1, 0.15) is 24.7 Å². The van der Waals surface area contributed by atoms with E-state index in [0.29, 0.717) is 19.8 Å². The summed E-state index contributed by atoms with van der Waals surface area (Å²) in [5, 5.41) is 2.74. The van der Waals surface area contributed by atoms with Crippen LogP contribution in [0.3, 0.4) is 0 Å². The minimum atomic E-state index is -0.642. The number of halogens is 2. The molecule has 0 bridgehead atoms. The smallest absolute Gasteiger partial charge is 0.275 e. The van der Waals surface area contributed by atoms with Gasteiger partial charge in [-0.1, -0.05) is 6.07 Å². The van der Waals surface area contributed by atoms with E-state index in [9.17, 15) is 13.6 Å². The molecule has 0 saturated carbocycles. The van der Waals surface area contributed by atoms with E-state index in [4.69, 9.17) is 4.74 Å². The van der Waals surface area contributed by atoms with Crippen LogP contribution in [-0.4, -0.2) is 38.8 Å². The van der Waals surface area contributed by atoms with E-state index in [2.05, 4.69) is 5.32 Å². The third kappa shape index (κ3) is 3.98. The predicted molar refractivity (Wildman–Crippen MR) is 69.3 cm³/mol. The fourth-order valence-electron chi connectivity index (χ4n) is 2.29. The van der Waals surface area contributed by atoms with Crippen molar-refractivity contribution in [2.24, 2.45) is 0 Å². The predicted octanol–water partition coefficient (Wildman–Crippen LogP) is 0.0571. The first-order valence-corrected chi connectivity index (χ1v) is 6.72. The number of amides is 1. The number of carbonyl (C=O) groups is 1. The molecule has 0 unspecified atom stereocenters. The number of quaternary nitrogens is 1. The van der Waals surface area contributed by atoms with Crippen LogP contribution in [0.2, 0.25) is 0 Å². The van der Waals surface area contributed by atoms with Crippen LogP contribution in [0.25, 0.3) is 0 Å². The van der Waals surface area contributed by atoms with Crippen LogP contribution in [0.4, 0.5) is 8.78 Å². The van der Waals surface area contributed by atoms with Gasteiger partial charge in [-0.05, 0) is 13.0 Å². The lowest BCUT2D eigenvalue weighted by Gasteiger charge is -2.24. The first kappa shape index (κ1) is 14.9. The van der Waals surface area contributed by atoms with E-state index in [1.54, 1.807) is 6.92 Å². The molecule has 1 aromatic rings. The maximum atomic E-state index is 13.6. The quantitative estimate of drug-likeness (QED) is 0.821. The van der Waals surface area contributed by atoms with E-state index >= 15 is 0 Å². The van der Waals surface area contributed by atoms with Gasteiger partial charge in [0, 0.05) is 11.6 Å². The highest BCUT2D eigenvalue weighted by Gasteiger charge is 2.20. The number of benzene rings is 1. The summed E-state index contributed by atoms with van der Waals surface area (Å²) in [5.41, 5.74) is 0.289. The number of ether oxygens (including phenoxy) is 1. The Labute approximate surface area is 116 Å². The highest BCUT2D eigenvalue weighted by atomic mass is 19.1. The number of hydrogen-bond acceptors (Lipinski definition) is 2. The van der Waals surface area contributed by atoms with Crippen LogP contribution in [-0.2, 0) is 9.53 Å². The lowest BCUT2D eigenvalue weighted by atomic mass is 10.1. The van der Waals surface area contributed by atoms with Crippen molar-refractivity contribution in [3.05, 3.63) is 35.4 Å². The Morgan fingerprint density at radius 3 is 2.75 bits per heavy atom. The molecular weight excluding hydrogens is 266 g/mol. The maximum absolute atomic E-state index is 13.6. The second kappa shape index (κ2) is 6.76. The molecule has 20 heavy (non-hydrogen) atoms. The summed E-state index contributed by atoms with van der Waals surface area (Å²) in [6.07, 6.45) is 0. The Kier molecular flexibility index (Phi) is 5.03. The summed E-state index contributed by atoms with van der Waals surface area (Å²) in [5.74, 6) is -1.41. The van der Waals surface area contributed by atoms with Crippen LogP contribution in [0, 0.1) is 11.6 Å². The molecule has 0 spiro atoms. The largest absolute Gasteiger partial charge is 0.370 e. The van der Waals surface area contributed by atoms with Crippen molar-refractivity contribution in [1.82, 2.24) is 5.32 Å². The Morgan fingerprint density at radius 2 is 2.10 bits per heavy atom. The van der Waals surface area contributed by atoms with E-state index in [0.717, 1.165) is 24.1 Å². The lowest BCUT2D eigenvalue weighted by Crippen LogP contribution is -3.15. The topological polar surface area (TPSA) is 42.8 Å². The molecule has 0 aliphatic carbocycles. The first-order chi connectivity index (χ1) is 9.56. The van der Waals surface area contributed by atoms with Gasteiger partial charge in [0.2, 0.25) is 0 Å². The van der Waals surface area contributed by atoms with Crippen molar-refractivity contribution in [2.45, 2.75) is 13.0 Å². The molecule has 1 aromatic carbocycles. The zero-order valence-corrected chi connectivity index (χ0v) is 11.4. The van der Waals surface area contributed by atoms with Gasteiger partial charge in [0.05, 0.1) is 19.3 Å². The van der Waals surface area contributed by atoms with Crippen LogP contribution in [0.15, 0.2) is 18.2 Å². The summed E-state index contributed by atoms with van der Waals surface area (Å²) >= 11 is 0. The number of nitrogens with one attached hydrogen (secondary N) is 2. The van der Waals surface area contributed by atoms with Gasteiger partial charge in [-0.2, -0.15) is 0 Å². The minimum Gasteiger partial charge on any atom is -0.370 e. The van der Waals surface area contributed by atoms with Crippen molar-refractivity contribution in [2.75, 3.05) is 32.8 Å². The van der Waals surface area contributed by atoms with Crippen molar-refractivity contribution in [1.29, 1.82) is 0 Å². The molecule has 1 aliphatic heterocycles. The van der Waals surface area contributed by atoms with Gasteiger partial charge in [0.15, 0.2) is 6.54 Å². The van der Waals surface area contributed by atoms with Gasteiger partial charge >= 0.3 is 0 Å². The summed E-state index contributed by atoms with van der Waals surface area (Å²) in [4.78, 5) is 13.1. The Morgan fingerprint density at radius 1 is 1.40 bits per heavy atom. The van der Waals surface area contributed by atoms with Gasteiger partial charge < -0.3 is 15.0 Å². The molecule has 1 saturated heterocycles. The second-order valence-electron chi connectivity index (χ2n) is 4.99. The molecule has 1 fully saturated rings. The zero-order chi connectivity index (χ0) is 14.5. The Hall–Kier alpha value is -1.53. The fraction of sp³-hybridized carbons (Fsp3) is 0.500. The summed E-state index contributed by atoms with van der Waals surface area (Å²) in [7, 11) is 0. The first-order valence-electron chi connectivity index (χ1n) is 6.72. The van der Waals surface area contributed by atoms with Crippen molar-refractivity contribution < 1.29 is 23.2 Å². The van der Waals surface area contributed by atoms with Crippen LogP contribution in [0.5, 0.6) is 0 Å². The number of morpholine rings is 1. The molecule has 1 atom stereocenters. The lowest BCUT2D eigenvalue weighted by molar-refractivity contribution is -0.900. The molecular formula is C14H19F2N2O2+. The van der Waals surface area contributed by atoms with Crippen molar-refractivity contribution in [3.8, 4) is 0 Å². The van der Waals surface area contributed by atoms with Crippen molar-refractivity contribution in [3.63, 3.8) is 0 Å². The average Bonchev–Trinajstić information content (AvgIpc) is 2.39. The van der Waals surface area contributed by atoms with Gasteiger partial charge in [-0.15, -0.1) is 0 Å². The Balaban J connectivity index is 1.89. The molecule has 2 N–H and O–H groups in total. The van der Waals surface area contributed by atoms with E-state index in [-0.39, 0.29) is 11.5 Å². The molecule has 110 valence electrons. The summed E-state index contributed by atoms with van der Waals surface area (Å²) in [6.45, 7) is 4.94. The molecule has 6 heteroatoms. The van der Waals surface area contributed by atoms with Gasteiger partial charge in [-0.3, -0.25) is 4.79 Å². The summed E-state index contributed by atoms with van der Waals surface area (Å²) < 4.78 is 31.7. The zero-order valence-electron chi connectivity index (χ0n) is 11.4. The van der Waals surface area contributed by atoms with Gasteiger partial charge in [-0.25, -0.2) is 8.78 Å². The summed E-state index contributed by atoms with van der Waals surface area (Å²) in [6, 6.07) is 2.89. The fourth-order valence-corrected chi connectivity index (χ4v) is 2.29. The standard InChI is InChI=1S/C14H18F2N2O2/c1-10(12-3-2-11(15)8-13(12)16)17-14(19)9-18-4-6-20-7-5-18/h2-3,8,10H,4-7,9H2,1H3,(H,17,19)/p+1/t10-/m0/s1. The molecule has 2 rings (SSSR count). The molecule has 4 nitrogen and oxygen atoms in total. The SMILES string of the molecule is C[C@H](NC(=O)C[NH+]1CCOCC1)c1ccc(F)cc1F. The second-order valence-corrected chi connectivity index (χ2v) is 4.99. The third-order valence-electron chi connectivity index (χ3n) is 3.42. The highest BCUT2D eigenvalue weighted by Crippen LogP contribution is 2.17. The highest BCUT2D eigenvalue weighted by molar-refractivity contribution is 5.77.